The van der Waals surface area contributed by atoms with Crippen LogP contribution in [-0.2, 0) is 11.3 Å². The van der Waals surface area contributed by atoms with Gasteiger partial charge in [0.1, 0.15) is 10.1 Å². The third kappa shape index (κ3) is 3.02. The molecular formula is C12H12Cl3NO2. The van der Waals surface area contributed by atoms with Crippen LogP contribution in [-0.4, -0.2) is 17.4 Å². The van der Waals surface area contributed by atoms with Gasteiger partial charge in [-0.3, -0.25) is 4.79 Å². The van der Waals surface area contributed by atoms with Crippen molar-refractivity contribution in [2.75, 3.05) is 7.11 Å². The first kappa shape index (κ1) is 13.8. The van der Waals surface area contributed by atoms with Gasteiger partial charge < -0.3 is 10.1 Å². The van der Waals surface area contributed by atoms with Crippen LogP contribution in [0.3, 0.4) is 0 Å². The highest BCUT2D eigenvalue weighted by Gasteiger charge is 2.56. The zero-order chi connectivity index (χ0) is 13.3. The Morgan fingerprint density at radius 3 is 2.78 bits per heavy atom. The molecule has 1 amide bonds. The van der Waals surface area contributed by atoms with Crippen molar-refractivity contribution in [2.45, 2.75) is 17.3 Å². The van der Waals surface area contributed by atoms with Crippen LogP contribution in [0.5, 0.6) is 5.75 Å². The Bertz CT molecular complexity index is 476. The van der Waals surface area contributed by atoms with E-state index in [1.807, 2.05) is 0 Å². The van der Waals surface area contributed by atoms with Crippen LogP contribution in [0.25, 0.3) is 0 Å². The summed E-state index contributed by atoms with van der Waals surface area (Å²) < 4.78 is 4.29. The molecule has 1 aromatic rings. The number of benzene rings is 1. The van der Waals surface area contributed by atoms with Crippen LogP contribution in [0.4, 0.5) is 0 Å². The quantitative estimate of drug-likeness (QED) is 0.868. The molecule has 0 aromatic heterocycles. The number of hydrogen-bond donors (Lipinski definition) is 1. The molecule has 0 radical (unpaired) electrons. The van der Waals surface area contributed by atoms with E-state index in [1.165, 1.54) is 0 Å². The summed E-state index contributed by atoms with van der Waals surface area (Å²) in [6, 6.07) is 5.24. The van der Waals surface area contributed by atoms with E-state index in [1.54, 1.807) is 25.3 Å². The number of nitrogens with one attached hydrogen (secondary N) is 1. The molecule has 1 aromatic carbocycles. The van der Waals surface area contributed by atoms with E-state index in [0.717, 1.165) is 5.56 Å². The highest BCUT2D eigenvalue weighted by Crippen LogP contribution is 2.53. The van der Waals surface area contributed by atoms with Gasteiger partial charge in [-0.05, 0) is 24.6 Å². The van der Waals surface area contributed by atoms with Gasteiger partial charge in [0.15, 0.2) is 0 Å². The van der Waals surface area contributed by atoms with Gasteiger partial charge in [0, 0.05) is 17.1 Å². The molecule has 1 aliphatic carbocycles. The predicted molar refractivity (Wildman–Crippen MR) is 72.4 cm³/mol. The smallest absolute Gasteiger partial charge is 0.226 e. The molecule has 0 spiro atoms. The summed E-state index contributed by atoms with van der Waals surface area (Å²) in [4.78, 5) is 11.7. The van der Waals surface area contributed by atoms with Crippen LogP contribution >= 0.6 is 34.8 Å². The molecule has 0 aliphatic heterocycles. The van der Waals surface area contributed by atoms with Gasteiger partial charge in [0.05, 0.1) is 13.0 Å². The minimum Gasteiger partial charge on any atom is -0.496 e. The average molecular weight is 309 g/mol. The lowest BCUT2D eigenvalue weighted by atomic mass is 10.2. The standard InChI is InChI=1S/C12H12Cl3NO2/c1-18-10-3-2-8(13)4-7(10)6-16-11(17)9-5-12(9,14)15/h2-4,9H,5-6H2,1H3,(H,16,17). The lowest BCUT2D eigenvalue weighted by Crippen LogP contribution is -2.26. The Kier molecular flexibility index (Phi) is 3.95. The largest absolute Gasteiger partial charge is 0.496 e. The van der Waals surface area contributed by atoms with E-state index in [0.29, 0.717) is 23.7 Å². The molecule has 0 heterocycles. The van der Waals surface area contributed by atoms with Crippen LogP contribution in [0, 0.1) is 5.92 Å². The third-order valence-corrected chi connectivity index (χ3v) is 3.91. The number of hydrogen-bond acceptors (Lipinski definition) is 2. The molecule has 1 atom stereocenters. The Balaban J connectivity index is 1.98. The van der Waals surface area contributed by atoms with E-state index in [-0.39, 0.29) is 11.8 Å². The van der Waals surface area contributed by atoms with Gasteiger partial charge in [-0.25, -0.2) is 0 Å². The Morgan fingerprint density at radius 1 is 1.56 bits per heavy atom. The van der Waals surface area contributed by atoms with Crippen molar-refractivity contribution in [1.82, 2.24) is 5.32 Å². The minimum absolute atomic E-state index is 0.151. The predicted octanol–water partition coefficient (Wildman–Crippen LogP) is 3.16. The van der Waals surface area contributed by atoms with Crippen molar-refractivity contribution in [2.24, 2.45) is 5.92 Å². The summed E-state index contributed by atoms with van der Waals surface area (Å²) in [5, 5.41) is 3.37. The van der Waals surface area contributed by atoms with Crippen molar-refractivity contribution >= 4 is 40.7 Å². The lowest BCUT2D eigenvalue weighted by Gasteiger charge is -2.10. The highest BCUT2D eigenvalue weighted by atomic mass is 35.5. The van der Waals surface area contributed by atoms with Crippen LogP contribution in [0.1, 0.15) is 12.0 Å². The van der Waals surface area contributed by atoms with E-state index in [2.05, 4.69) is 5.32 Å². The summed E-state index contributed by atoms with van der Waals surface area (Å²) >= 11 is 17.6. The molecule has 6 heteroatoms. The maximum absolute atomic E-state index is 11.7. The fourth-order valence-electron chi connectivity index (χ4n) is 1.69. The Morgan fingerprint density at radius 2 is 2.22 bits per heavy atom. The topological polar surface area (TPSA) is 38.3 Å². The second-order valence-corrected chi connectivity index (χ2v) is 6.17. The van der Waals surface area contributed by atoms with Gasteiger partial charge in [-0.2, -0.15) is 0 Å². The lowest BCUT2D eigenvalue weighted by molar-refractivity contribution is -0.122. The fraction of sp³-hybridized carbons (Fsp3) is 0.417. The number of carbonyl (C=O) groups excluding carboxylic acids is 1. The van der Waals surface area contributed by atoms with Gasteiger partial charge in [0.25, 0.3) is 0 Å². The van der Waals surface area contributed by atoms with E-state index < -0.39 is 4.33 Å². The first-order valence-electron chi connectivity index (χ1n) is 5.42. The van der Waals surface area contributed by atoms with Gasteiger partial charge >= 0.3 is 0 Å². The second kappa shape index (κ2) is 5.16. The number of carbonyl (C=O) groups is 1. The van der Waals surface area contributed by atoms with E-state index in [9.17, 15) is 4.79 Å². The summed E-state index contributed by atoms with van der Waals surface area (Å²) in [5.74, 6) is 0.201. The fourth-order valence-corrected chi connectivity index (χ4v) is 2.39. The van der Waals surface area contributed by atoms with Crippen molar-refractivity contribution in [3.63, 3.8) is 0 Å². The molecule has 18 heavy (non-hydrogen) atoms. The van der Waals surface area contributed by atoms with Crippen LogP contribution < -0.4 is 10.1 Å². The average Bonchev–Trinajstić information content (AvgIpc) is 2.96. The van der Waals surface area contributed by atoms with Crippen molar-refractivity contribution < 1.29 is 9.53 Å². The number of amides is 1. The number of alkyl halides is 2. The normalized spacial score (nSPS) is 20.3. The maximum atomic E-state index is 11.7. The van der Waals surface area contributed by atoms with Crippen molar-refractivity contribution in [3.8, 4) is 5.75 Å². The van der Waals surface area contributed by atoms with Crippen LogP contribution in [0.15, 0.2) is 18.2 Å². The van der Waals surface area contributed by atoms with E-state index in [4.69, 9.17) is 39.5 Å². The van der Waals surface area contributed by atoms with Crippen molar-refractivity contribution in [1.29, 1.82) is 0 Å². The second-order valence-electron chi connectivity index (χ2n) is 4.19. The van der Waals surface area contributed by atoms with Crippen LogP contribution in [0.2, 0.25) is 5.02 Å². The molecule has 98 valence electrons. The molecule has 0 saturated heterocycles. The number of ether oxygens (including phenoxy) is 1. The molecule has 1 saturated carbocycles. The minimum atomic E-state index is -0.900. The zero-order valence-electron chi connectivity index (χ0n) is 9.67. The summed E-state index contributed by atoms with van der Waals surface area (Å²) in [6.07, 6.45) is 0.495. The summed E-state index contributed by atoms with van der Waals surface area (Å²) in [7, 11) is 1.57. The SMILES string of the molecule is COc1ccc(Cl)cc1CNC(=O)C1CC1(Cl)Cl. The van der Waals surface area contributed by atoms with Gasteiger partial charge in [-0.1, -0.05) is 11.6 Å². The Labute approximate surface area is 120 Å². The Hall–Kier alpha value is -0.640. The highest BCUT2D eigenvalue weighted by molar-refractivity contribution is 6.52. The molecule has 2 rings (SSSR count). The molecule has 1 aliphatic rings. The molecular weight excluding hydrogens is 296 g/mol. The van der Waals surface area contributed by atoms with Gasteiger partial charge in [-0.15, -0.1) is 23.2 Å². The van der Waals surface area contributed by atoms with E-state index >= 15 is 0 Å². The molecule has 1 N–H and O–H groups in total. The number of rotatable bonds is 4. The first-order valence-corrected chi connectivity index (χ1v) is 6.55. The first-order chi connectivity index (χ1) is 8.44. The zero-order valence-corrected chi connectivity index (χ0v) is 11.9. The molecule has 1 unspecified atom stereocenters. The number of methoxy groups -OCH3 is 1. The maximum Gasteiger partial charge on any atom is 0.226 e. The summed E-state index contributed by atoms with van der Waals surface area (Å²) in [5.41, 5.74) is 0.814. The molecule has 0 bridgehead atoms. The monoisotopic (exact) mass is 307 g/mol. The van der Waals surface area contributed by atoms with Crippen molar-refractivity contribution in [3.05, 3.63) is 28.8 Å². The number of halogens is 3. The van der Waals surface area contributed by atoms with Gasteiger partial charge in [0.2, 0.25) is 5.91 Å². The third-order valence-electron chi connectivity index (χ3n) is 2.84. The molecule has 1 fully saturated rings. The summed E-state index contributed by atoms with van der Waals surface area (Å²) in [6.45, 7) is 0.336. The molecule has 3 nitrogen and oxygen atoms in total.